The van der Waals surface area contributed by atoms with Gasteiger partial charge in [0, 0.05) is 5.25 Å². The molecule has 1 aliphatic rings. The molecule has 1 atom stereocenters. The highest BCUT2D eigenvalue weighted by atomic mass is 32.2. The Bertz CT molecular complexity index is 165. The third kappa shape index (κ3) is 2.06. The van der Waals surface area contributed by atoms with Crippen LogP contribution < -0.4 is 0 Å². The lowest BCUT2D eigenvalue weighted by atomic mass is 10.2. The number of oxime groups is 1. The molecule has 3 heteroatoms. The molecular formula is C7H11NOS. The predicted molar refractivity (Wildman–Crippen MR) is 45.3 cm³/mol. The molecule has 0 N–H and O–H groups in total. The minimum Gasteiger partial charge on any atom is -0.399 e. The van der Waals surface area contributed by atoms with Gasteiger partial charge in [-0.2, -0.15) is 0 Å². The van der Waals surface area contributed by atoms with Crippen molar-refractivity contribution < 1.29 is 4.84 Å². The van der Waals surface area contributed by atoms with E-state index in [1.807, 2.05) is 11.8 Å². The van der Waals surface area contributed by atoms with Gasteiger partial charge >= 0.3 is 0 Å². The minimum atomic E-state index is 0.707. The highest BCUT2D eigenvalue weighted by Gasteiger charge is 2.10. The lowest BCUT2D eigenvalue weighted by Crippen LogP contribution is -1.90. The first kappa shape index (κ1) is 7.66. The van der Waals surface area contributed by atoms with Crippen LogP contribution in [-0.4, -0.2) is 18.6 Å². The van der Waals surface area contributed by atoms with Crippen molar-refractivity contribution in [3.8, 4) is 0 Å². The average Bonchev–Trinajstić information content (AvgIpc) is 2.31. The van der Waals surface area contributed by atoms with Crippen LogP contribution in [0.2, 0.25) is 0 Å². The zero-order chi connectivity index (χ0) is 7.40. The van der Waals surface area contributed by atoms with E-state index in [4.69, 9.17) is 0 Å². The highest BCUT2D eigenvalue weighted by Crippen LogP contribution is 2.28. The SMILES string of the molecule is CO/N=C/C1=CSC(C)C1. The van der Waals surface area contributed by atoms with Gasteiger partial charge in [-0.3, -0.25) is 0 Å². The molecule has 0 aromatic heterocycles. The Labute approximate surface area is 65.3 Å². The van der Waals surface area contributed by atoms with E-state index in [1.54, 1.807) is 13.3 Å². The molecule has 0 amide bonds. The van der Waals surface area contributed by atoms with Crippen LogP contribution in [0.25, 0.3) is 0 Å². The molecule has 0 fully saturated rings. The fourth-order valence-corrected chi connectivity index (χ4v) is 1.69. The number of rotatable bonds is 2. The van der Waals surface area contributed by atoms with Crippen molar-refractivity contribution in [1.29, 1.82) is 0 Å². The van der Waals surface area contributed by atoms with Crippen LogP contribution >= 0.6 is 11.8 Å². The first-order chi connectivity index (χ1) is 4.83. The van der Waals surface area contributed by atoms with Crippen LogP contribution in [0.3, 0.4) is 0 Å². The van der Waals surface area contributed by atoms with Crippen LogP contribution in [0.4, 0.5) is 0 Å². The Balaban J connectivity index is 2.37. The summed E-state index contributed by atoms with van der Waals surface area (Å²) in [6.45, 7) is 2.20. The number of allylic oxidation sites excluding steroid dienone is 1. The van der Waals surface area contributed by atoms with Crippen molar-refractivity contribution in [3.63, 3.8) is 0 Å². The average molecular weight is 157 g/mol. The third-order valence-corrected chi connectivity index (χ3v) is 2.37. The van der Waals surface area contributed by atoms with Gasteiger partial charge in [-0.1, -0.05) is 12.1 Å². The van der Waals surface area contributed by atoms with Crippen molar-refractivity contribution in [2.75, 3.05) is 7.11 Å². The van der Waals surface area contributed by atoms with E-state index in [9.17, 15) is 0 Å². The van der Waals surface area contributed by atoms with Crippen LogP contribution in [0, 0.1) is 0 Å². The summed E-state index contributed by atoms with van der Waals surface area (Å²) >= 11 is 1.85. The number of hydrogen-bond donors (Lipinski definition) is 0. The van der Waals surface area contributed by atoms with E-state index in [2.05, 4.69) is 22.3 Å². The molecular weight excluding hydrogens is 146 g/mol. The fraction of sp³-hybridized carbons (Fsp3) is 0.571. The molecule has 10 heavy (non-hydrogen) atoms. The zero-order valence-electron chi connectivity index (χ0n) is 6.20. The van der Waals surface area contributed by atoms with Crippen LogP contribution in [0.15, 0.2) is 16.1 Å². The molecule has 0 aromatic carbocycles. The van der Waals surface area contributed by atoms with Gasteiger partial charge in [0.05, 0.1) is 6.21 Å². The van der Waals surface area contributed by atoms with E-state index in [0.29, 0.717) is 5.25 Å². The van der Waals surface area contributed by atoms with Gasteiger partial charge < -0.3 is 4.84 Å². The standard InChI is InChI=1S/C7H11NOS/c1-6-3-7(5-10-6)4-8-9-2/h4-6H,3H2,1-2H3/b8-4+. The van der Waals surface area contributed by atoms with E-state index in [0.717, 1.165) is 6.42 Å². The maximum absolute atomic E-state index is 4.56. The second-order valence-corrected chi connectivity index (χ2v) is 3.57. The summed E-state index contributed by atoms with van der Waals surface area (Å²) < 4.78 is 0. The molecule has 0 bridgehead atoms. The van der Waals surface area contributed by atoms with Crippen molar-refractivity contribution in [2.45, 2.75) is 18.6 Å². The van der Waals surface area contributed by atoms with Crippen molar-refractivity contribution in [1.82, 2.24) is 0 Å². The molecule has 1 rings (SSSR count). The fourth-order valence-electron chi connectivity index (χ4n) is 0.835. The molecule has 0 spiro atoms. The Hall–Kier alpha value is -0.440. The first-order valence-corrected chi connectivity index (χ1v) is 4.18. The minimum absolute atomic E-state index is 0.707. The molecule has 1 heterocycles. The summed E-state index contributed by atoms with van der Waals surface area (Å²) in [5.74, 6) is 0. The number of hydrogen-bond acceptors (Lipinski definition) is 3. The zero-order valence-corrected chi connectivity index (χ0v) is 7.02. The van der Waals surface area contributed by atoms with Crippen molar-refractivity contribution >= 4 is 18.0 Å². The Morgan fingerprint density at radius 2 is 2.70 bits per heavy atom. The summed E-state index contributed by atoms with van der Waals surface area (Å²) in [4.78, 5) is 4.56. The van der Waals surface area contributed by atoms with Gasteiger partial charge in [0.1, 0.15) is 7.11 Å². The largest absolute Gasteiger partial charge is 0.399 e. The van der Waals surface area contributed by atoms with Crippen LogP contribution in [0.5, 0.6) is 0 Å². The molecule has 0 radical (unpaired) electrons. The van der Waals surface area contributed by atoms with Gasteiger partial charge in [0.15, 0.2) is 0 Å². The van der Waals surface area contributed by atoms with Crippen LogP contribution in [0.1, 0.15) is 13.3 Å². The topological polar surface area (TPSA) is 21.6 Å². The van der Waals surface area contributed by atoms with Gasteiger partial charge in [-0.25, -0.2) is 0 Å². The molecule has 1 unspecified atom stereocenters. The molecule has 1 aliphatic heterocycles. The Morgan fingerprint density at radius 1 is 1.90 bits per heavy atom. The Morgan fingerprint density at radius 3 is 3.20 bits per heavy atom. The van der Waals surface area contributed by atoms with Crippen molar-refractivity contribution in [2.24, 2.45) is 5.16 Å². The summed E-state index contributed by atoms with van der Waals surface area (Å²) in [6, 6.07) is 0. The van der Waals surface area contributed by atoms with E-state index >= 15 is 0 Å². The third-order valence-electron chi connectivity index (χ3n) is 1.30. The maximum Gasteiger partial charge on any atom is 0.106 e. The number of thioether (sulfide) groups is 1. The van der Waals surface area contributed by atoms with Crippen LogP contribution in [-0.2, 0) is 4.84 Å². The van der Waals surface area contributed by atoms with E-state index in [1.165, 1.54) is 5.57 Å². The van der Waals surface area contributed by atoms with E-state index in [-0.39, 0.29) is 0 Å². The summed E-state index contributed by atoms with van der Waals surface area (Å²) in [5, 5.41) is 6.52. The second kappa shape index (κ2) is 3.66. The quantitative estimate of drug-likeness (QED) is 0.452. The molecule has 56 valence electrons. The van der Waals surface area contributed by atoms with E-state index < -0.39 is 0 Å². The van der Waals surface area contributed by atoms with Gasteiger partial charge in [-0.05, 0) is 17.4 Å². The first-order valence-electron chi connectivity index (χ1n) is 3.24. The molecule has 0 aromatic rings. The lowest BCUT2D eigenvalue weighted by molar-refractivity contribution is 0.215. The summed E-state index contributed by atoms with van der Waals surface area (Å²) in [7, 11) is 1.56. The molecule has 2 nitrogen and oxygen atoms in total. The molecule has 0 aliphatic carbocycles. The molecule has 0 saturated carbocycles. The van der Waals surface area contributed by atoms with Gasteiger partial charge in [0.25, 0.3) is 0 Å². The lowest BCUT2D eigenvalue weighted by Gasteiger charge is -1.95. The second-order valence-electron chi connectivity index (χ2n) is 2.26. The summed E-state index contributed by atoms with van der Waals surface area (Å²) in [6.07, 6.45) is 2.88. The van der Waals surface area contributed by atoms with Gasteiger partial charge in [-0.15, -0.1) is 11.8 Å². The monoisotopic (exact) mass is 157 g/mol. The van der Waals surface area contributed by atoms with Crippen molar-refractivity contribution in [3.05, 3.63) is 11.0 Å². The molecule has 0 saturated heterocycles. The normalized spacial score (nSPS) is 25.4. The summed E-state index contributed by atoms with van der Waals surface area (Å²) in [5.41, 5.74) is 1.26. The Kier molecular flexibility index (Phi) is 2.81. The number of nitrogens with zero attached hydrogens (tertiary/aromatic N) is 1. The smallest absolute Gasteiger partial charge is 0.106 e. The predicted octanol–water partition coefficient (Wildman–Crippen LogP) is 2.03. The highest BCUT2D eigenvalue weighted by molar-refractivity contribution is 8.03. The maximum atomic E-state index is 4.56. The van der Waals surface area contributed by atoms with Gasteiger partial charge in [0.2, 0.25) is 0 Å².